The number of rotatable bonds is 4. The lowest BCUT2D eigenvalue weighted by molar-refractivity contribution is -0.136. The van der Waals surface area contributed by atoms with Crippen LogP contribution in [0.2, 0.25) is 0 Å². The van der Waals surface area contributed by atoms with Crippen molar-refractivity contribution in [1.82, 2.24) is 0 Å². The zero-order chi connectivity index (χ0) is 22.8. The Morgan fingerprint density at radius 2 is 1.87 bits per heavy atom. The summed E-state index contributed by atoms with van der Waals surface area (Å²) in [5.74, 6) is -0.836. The topological polar surface area (TPSA) is 87.3 Å². The van der Waals surface area contributed by atoms with Gasteiger partial charge in [-0.2, -0.15) is 23.4 Å². The van der Waals surface area contributed by atoms with Crippen molar-refractivity contribution >= 4 is 28.9 Å². The summed E-state index contributed by atoms with van der Waals surface area (Å²) in [5.41, 5.74) is -1.71. The van der Waals surface area contributed by atoms with Gasteiger partial charge in [0, 0.05) is 24.7 Å². The van der Waals surface area contributed by atoms with Crippen molar-refractivity contribution in [3.63, 3.8) is 0 Å². The lowest BCUT2D eigenvalue weighted by Crippen LogP contribution is -2.37. The molecule has 2 atom stereocenters. The minimum atomic E-state index is -4.72. The minimum Gasteiger partial charge on any atom is -0.326 e. The molecule has 0 saturated heterocycles. The molecule has 31 heavy (non-hydrogen) atoms. The Morgan fingerprint density at radius 1 is 1.16 bits per heavy atom. The lowest BCUT2D eigenvalue weighted by atomic mass is 9.91. The minimum absolute atomic E-state index is 0.0859. The molecule has 0 fully saturated rings. The van der Waals surface area contributed by atoms with Gasteiger partial charge in [0.05, 0.1) is 18.2 Å². The molecule has 2 amide bonds. The van der Waals surface area contributed by atoms with E-state index in [-0.39, 0.29) is 18.0 Å². The molecule has 0 radical (unpaired) electrons. The number of anilines is 2. The van der Waals surface area contributed by atoms with E-state index in [0.29, 0.717) is 5.69 Å². The Bertz CT molecular complexity index is 1110. The Kier molecular flexibility index (Phi) is 5.79. The van der Waals surface area contributed by atoms with Crippen molar-refractivity contribution < 1.29 is 22.8 Å². The van der Waals surface area contributed by atoms with Gasteiger partial charge in [0.15, 0.2) is 11.2 Å². The summed E-state index contributed by atoms with van der Waals surface area (Å²) >= 11 is 0. The number of nitrogens with one attached hydrogen (secondary N) is 2. The van der Waals surface area contributed by atoms with E-state index in [1.165, 1.54) is 13.0 Å². The third kappa shape index (κ3) is 4.88. The molecule has 7 nitrogen and oxygen atoms in total. The van der Waals surface area contributed by atoms with Crippen molar-refractivity contribution in [2.75, 3.05) is 10.6 Å². The van der Waals surface area contributed by atoms with E-state index in [1.54, 1.807) is 31.2 Å². The second-order valence-corrected chi connectivity index (χ2v) is 7.31. The Hall–Kier alpha value is -3.74. The van der Waals surface area contributed by atoms with Crippen LogP contribution in [0.1, 0.15) is 37.4 Å². The fraction of sp³-hybridized carbons (Fsp3) is 0.286. The zero-order valence-corrected chi connectivity index (χ0v) is 16.6. The molecule has 0 aliphatic carbocycles. The summed E-state index contributed by atoms with van der Waals surface area (Å²) in [7, 11) is 0. The van der Waals surface area contributed by atoms with Gasteiger partial charge >= 0.3 is 6.18 Å². The van der Waals surface area contributed by atoms with Crippen LogP contribution in [-0.4, -0.2) is 17.4 Å². The number of carbonyl (C=O) groups is 2. The largest absolute Gasteiger partial charge is 0.407 e. The maximum atomic E-state index is 13.2. The smallest absolute Gasteiger partial charge is 0.326 e. The fourth-order valence-corrected chi connectivity index (χ4v) is 3.21. The van der Waals surface area contributed by atoms with E-state index in [1.807, 2.05) is 0 Å². The van der Waals surface area contributed by atoms with Gasteiger partial charge in [-0.1, -0.05) is 18.2 Å². The molecular formula is C21H18F3N5O2. The summed E-state index contributed by atoms with van der Waals surface area (Å²) in [6.45, 7) is 9.82. The van der Waals surface area contributed by atoms with Crippen molar-refractivity contribution in [3.05, 3.63) is 65.0 Å². The third-order valence-electron chi connectivity index (χ3n) is 4.77. The average molecular weight is 429 g/mol. The van der Waals surface area contributed by atoms with Gasteiger partial charge in [0.25, 0.3) is 5.91 Å². The van der Waals surface area contributed by atoms with Crippen LogP contribution in [0.5, 0.6) is 0 Å². The van der Waals surface area contributed by atoms with Gasteiger partial charge in [-0.15, -0.1) is 0 Å². The number of hydrogen-bond donors (Lipinski definition) is 2. The molecule has 160 valence electrons. The molecule has 2 N–H and O–H groups in total. The van der Waals surface area contributed by atoms with Crippen molar-refractivity contribution in [2.45, 2.75) is 38.0 Å². The highest BCUT2D eigenvalue weighted by Crippen LogP contribution is 2.40. The molecule has 10 heteroatoms. The highest BCUT2D eigenvalue weighted by atomic mass is 19.4. The lowest BCUT2D eigenvalue weighted by Gasteiger charge is -2.20. The van der Waals surface area contributed by atoms with Crippen LogP contribution in [0, 0.1) is 6.57 Å². The summed E-state index contributed by atoms with van der Waals surface area (Å²) < 4.78 is 39.5. The molecule has 1 aliphatic heterocycles. The van der Waals surface area contributed by atoms with E-state index < -0.39 is 34.9 Å². The number of halogens is 3. The summed E-state index contributed by atoms with van der Waals surface area (Å²) in [6, 6.07) is 9.52. The third-order valence-corrected chi connectivity index (χ3v) is 4.77. The highest BCUT2D eigenvalue weighted by molar-refractivity contribution is 5.98. The molecule has 0 aromatic heterocycles. The molecule has 3 rings (SSSR count). The van der Waals surface area contributed by atoms with E-state index in [4.69, 9.17) is 6.57 Å². The first-order valence-electron chi connectivity index (χ1n) is 9.21. The Morgan fingerprint density at radius 3 is 2.52 bits per heavy atom. The number of benzene rings is 2. The van der Waals surface area contributed by atoms with Crippen LogP contribution >= 0.6 is 0 Å². The van der Waals surface area contributed by atoms with Crippen LogP contribution in [0.3, 0.4) is 0 Å². The fourth-order valence-electron chi connectivity index (χ4n) is 3.21. The number of nitrogens with zero attached hydrogens (tertiary/aromatic N) is 3. The van der Waals surface area contributed by atoms with Gasteiger partial charge in [-0.05, 0) is 36.8 Å². The standard InChI is InChI=1S/C21H18F3N5O2/c1-12(30)26-14-6-4-5-13(9-14)18-11-20(2,29-28-18)19(31)27-15-7-8-17(25-3)16(10-15)21(22,23)24/h4-10,18H,11H2,1-2H3,(H,26,30)(H,27,31). The zero-order valence-electron chi connectivity index (χ0n) is 16.6. The van der Waals surface area contributed by atoms with Gasteiger partial charge in [-0.25, -0.2) is 4.85 Å². The van der Waals surface area contributed by atoms with Gasteiger partial charge in [0.2, 0.25) is 5.91 Å². The first kappa shape index (κ1) is 22.0. The monoisotopic (exact) mass is 429 g/mol. The normalized spacial score (nSPS) is 20.2. The summed E-state index contributed by atoms with van der Waals surface area (Å²) in [4.78, 5) is 26.9. The van der Waals surface area contributed by atoms with Crippen LogP contribution in [-0.2, 0) is 15.8 Å². The first-order valence-corrected chi connectivity index (χ1v) is 9.21. The van der Waals surface area contributed by atoms with Crippen LogP contribution < -0.4 is 10.6 Å². The number of alkyl halides is 3. The van der Waals surface area contributed by atoms with Crippen molar-refractivity contribution in [2.24, 2.45) is 10.2 Å². The van der Waals surface area contributed by atoms with E-state index in [2.05, 4.69) is 25.7 Å². The summed E-state index contributed by atoms with van der Waals surface area (Å²) in [6.07, 6.45) is -4.52. The SMILES string of the molecule is [C-]#[N+]c1ccc(NC(=O)C2(C)CC(c3cccc(NC(C)=O)c3)N=N2)cc1C(F)(F)F. The van der Waals surface area contributed by atoms with Crippen LogP contribution in [0.15, 0.2) is 52.7 Å². The molecule has 2 aromatic carbocycles. The molecule has 0 bridgehead atoms. The molecule has 0 spiro atoms. The molecule has 0 saturated carbocycles. The van der Waals surface area contributed by atoms with E-state index in [0.717, 1.165) is 17.7 Å². The highest BCUT2D eigenvalue weighted by Gasteiger charge is 2.41. The summed E-state index contributed by atoms with van der Waals surface area (Å²) in [5, 5.41) is 13.3. The number of amides is 2. The van der Waals surface area contributed by atoms with Crippen LogP contribution in [0.4, 0.5) is 30.2 Å². The van der Waals surface area contributed by atoms with E-state index in [9.17, 15) is 22.8 Å². The van der Waals surface area contributed by atoms with Crippen LogP contribution in [0.25, 0.3) is 4.85 Å². The quantitative estimate of drug-likeness (QED) is 0.628. The first-order chi connectivity index (χ1) is 14.5. The number of hydrogen-bond acceptors (Lipinski definition) is 4. The van der Waals surface area contributed by atoms with Crippen molar-refractivity contribution in [3.8, 4) is 0 Å². The predicted molar refractivity (Wildman–Crippen MR) is 108 cm³/mol. The Labute approximate surface area is 176 Å². The predicted octanol–water partition coefficient (Wildman–Crippen LogP) is 5.51. The number of carbonyl (C=O) groups excluding carboxylic acids is 2. The molecule has 1 heterocycles. The second kappa shape index (κ2) is 8.18. The second-order valence-electron chi connectivity index (χ2n) is 7.31. The molecule has 2 aromatic rings. The van der Waals surface area contributed by atoms with E-state index >= 15 is 0 Å². The average Bonchev–Trinajstić information content (AvgIpc) is 3.11. The van der Waals surface area contributed by atoms with Gasteiger partial charge < -0.3 is 10.6 Å². The van der Waals surface area contributed by atoms with Gasteiger partial charge in [-0.3, -0.25) is 9.59 Å². The molecule has 2 unspecified atom stereocenters. The molecular weight excluding hydrogens is 411 g/mol. The Balaban J connectivity index is 1.76. The maximum absolute atomic E-state index is 13.2. The maximum Gasteiger partial charge on any atom is 0.407 e. The van der Waals surface area contributed by atoms with Gasteiger partial charge in [0.1, 0.15) is 0 Å². The van der Waals surface area contributed by atoms with Crippen molar-refractivity contribution in [1.29, 1.82) is 0 Å². The number of azo groups is 1. The molecule has 1 aliphatic rings.